The van der Waals surface area contributed by atoms with Crippen molar-refractivity contribution in [2.75, 3.05) is 0 Å². The normalized spacial score (nSPS) is 13.1. The topological polar surface area (TPSA) is 38.9 Å². The zero-order valence-corrected chi connectivity index (χ0v) is 8.35. The molecule has 0 fully saturated rings. The predicted octanol–water partition coefficient (Wildman–Crippen LogP) is 2.52. The molecule has 0 bridgehead atoms. The van der Waals surface area contributed by atoms with Gasteiger partial charge >= 0.3 is 0 Å². The first kappa shape index (κ1) is 8.97. The van der Waals surface area contributed by atoms with Gasteiger partial charge in [-0.1, -0.05) is 11.6 Å². The summed E-state index contributed by atoms with van der Waals surface area (Å²) in [6.45, 7) is 1.90. The van der Waals surface area contributed by atoms with Gasteiger partial charge in [0.05, 0.1) is 0 Å². The fourth-order valence-electron chi connectivity index (χ4n) is 0.776. The molecule has 0 spiro atoms. The summed E-state index contributed by atoms with van der Waals surface area (Å²) in [6.07, 6.45) is 1.65. The number of halogens is 2. The molecule has 1 aromatic heterocycles. The van der Waals surface area contributed by atoms with Crippen LogP contribution in [0.4, 0.5) is 0 Å². The van der Waals surface area contributed by atoms with Crippen molar-refractivity contribution < 1.29 is 0 Å². The van der Waals surface area contributed by atoms with Gasteiger partial charge in [0.2, 0.25) is 0 Å². The molecule has 0 amide bonds. The lowest BCUT2D eigenvalue weighted by Gasteiger charge is -2.07. The summed E-state index contributed by atoms with van der Waals surface area (Å²) in [4.78, 5) is 3.88. The van der Waals surface area contributed by atoms with Gasteiger partial charge in [-0.15, -0.1) is 0 Å². The van der Waals surface area contributed by atoms with Crippen molar-refractivity contribution in [2.24, 2.45) is 5.73 Å². The maximum atomic E-state index is 5.67. The van der Waals surface area contributed by atoms with Crippen LogP contribution in [0.2, 0.25) is 5.15 Å². The van der Waals surface area contributed by atoms with Crippen LogP contribution in [0.25, 0.3) is 0 Å². The molecule has 1 atom stereocenters. The standard InChI is InChI=1S/C7H8BrClN2/c1-4(10)5-2-7(9)11-3-6(5)8/h2-4H,10H2,1H3/t4-/m1/s1. The third-order valence-corrected chi connectivity index (χ3v) is 2.21. The molecule has 0 radical (unpaired) electrons. The number of nitrogens with two attached hydrogens (primary N) is 1. The molecule has 0 aromatic carbocycles. The van der Waals surface area contributed by atoms with Crippen LogP contribution in [0, 0.1) is 0 Å². The van der Waals surface area contributed by atoms with Crippen molar-refractivity contribution >= 4 is 27.5 Å². The van der Waals surface area contributed by atoms with Crippen LogP contribution in [0.1, 0.15) is 18.5 Å². The van der Waals surface area contributed by atoms with E-state index in [0.29, 0.717) is 5.15 Å². The Morgan fingerprint density at radius 1 is 1.73 bits per heavy atom. The van der Waals surface area contributed by atoms with E-state index in [4.69, 9.17) is 17.3 Å². The van der Waals surface area contributed by atoms with Crippen LogP contribution >= 0.6 is 27.5 Å². The molecule has 1 aromatic rings. The Bertz CT molecular complexity index is 263. The molecule has 0 saturated heterocycles. The zero-order chi connectivity index (χ0) is 8.43. The average molecular weight is 236 g/mol. The molecular formula is C7H8BrClN2. The molecule has 1 heterocycles. The van der Waals surface area contributed by atoms with E-state index in [0.717, 1.165) is 10.0 Å². The molecular weight excluding hydrogens is 227 g/mol. The second-order valence-corrected chi connectivity index (χ2v) is 3.56. The van der Waals surface area contributed by atoms with Crippen LogP contribution in [0.15, 0.2) is 16.7 Å². The van der Waals surface area contributed by atoms with Crippen molar-refractivity contribution in [2.45, 2.75) is 13.0 Å². The lowest BCUT2D eigenvalue weighted by Crippen LogP contribution is -2.05. The molecule has 0 aliphatic rings. The van der Waals surface area contributed by atoms with Crippen molar-refractivity contribution in [3.05, 3.63) is 27.5 Å². The van der Waals surface area contributed by atoms with Crippen LogP contribution < -0.4 is 5.73 Å². The Balaban J connectivity index is 3.13. The van der Waals surface area contributed by atoms with E-state index in [1.165, 1.54) is 0 Å². The molecule has 1 rings (SSSR count). The van der Waals surface area contributed by atoms with Gasteiger partial charge in [0.1, 0.15) is 5.15 Å². The largest absolute Gasteiger partial charge is 0.324 e. The maximum Gasteiger partial charge on any atom is 0.129 e. The summed E-state index contributed by atoms with van der Waals surface area (Å²) < 4.78 is 0.900. The Morgan fingerprint density at radius 2 is 2.36 bits per heavy atom. The zero-order valence-electron chi connectivity index (χ0n) is 6.01. The van der Waals surface area contributed by atoms with Crippen molar-refractivity contribution in [3.63, 3.8) is 0 Å². The summed E-state index contributed by atoms with van der Waals surface area (Å²) in [5, 5.41) is 0.473. The Morgan fingerprint density at radius 3 is 2.82 bits per heavy atom. The Kier molecular flexibility index (Phi) is 2.87. The SMILES string of the molecule is C[C@@H](N)c1cc(Cl)ncc1Br. The van der Waals surface area contributed by atoms with E-state index in [-0.39, 0.29) is 6.04 Å². The summed E-state index contributed by atoms with van der Waals surface area (Å²) in [5.41, 5.74) is 6.64. The van der Waals surface area contributed by atoms with Gasteiger partial charge in [0.15, 0.2) is 0 Å². The highest BCUT2D eigenvalue weighted by atomic mass is 79.9. The highest BCUT2D eigenvalue weighted by Gasteiger charge is 2.05. The minimum atomic E-state index is -0.0233. The lowest BCUT2D eigenvalue weighted by atomic mass is 10.1. The fraction of sp³-hybridized carbons (Fsp3) is 0.286. The van der Waals surface area contributed by atoms with E-state index in [9.17, 15) is 0 Å². The van der Waals surface area contributed by atoms with Crippen molar-refractivity contribution in [1.29, 1.82) is 0 Å². The highest BCUT2D eigenvalue weighted by molar-refractivity contribution is 9.10. The van der Waals surface area contributed by atoms with E-state index in [1.807, 2.05) is 6.92 Å². The van der Waals surface area contributed by atoms with Gasteiger partial charge in [-0.2, -0.15) is 0 Å². The maximum absolute atomic E-state index is 5.67. The summed E-state index contributed by atoms with van der Waals surface area (Å²) in [6, 6.07) is 1.74. The van der Waals surface area contributed by atoms with Crippen LogP contribution in [0.3, 0.4) is 0 Å². The highest BCUT2D eigenvalue weighted by Crippen LogP contribution is 2.22. The molecule has 0 saturated carbocycles. The third-order valence-electron chi connectivity index (χ3n) is 1.34. The van der Waals surface area contributed by atoms with Crippen LogP contribution in [-0.2, 0) is 0 Å². The van der Waals surface area contributed by atoms with Crippen LogP contribution in [-0.4, -0.2) is 4.98 Å². The number of rotatable bonds is 1. The number of hydrogen-bond acceptors (Lipinski definition) is 2. The van der Waals surface area contributed by atoms with Gasteiger partial charge < -0.3 is 5.73 Å². The monoisotopic (exact) mass is 234 g/mol. The molecule has 0 unspecified atom stereocenters. The minimum absolute atomic E-state index is 0.0233. The van der Waals surface area contributed by atoms with Gasteiger partial charge in [0.25, 0.3) is 0 Å². The van der Waals surface area contributed by atoms with E-state index < -0.39 is 0 Å². The minimum Gasteiger partial charge on any atom is -0.324 e. The molecule has 2 N–H and O–H groups in total. The molecule has 60 valence electrons. The smallest absolute Gasteiger partial charge is 0.129 e. The first-order valence-electron chi connectivity index (χ1n) is 3.18. The lowest BCUT2D eigenvalue weighted by molar-refractivity contribution is 0.810. The van der Waals surface area contributed by atoms with Gasteiger partial charge in [-0.05, 0) is 34.5 Å². The second kappa shape index (κ2) is 3.52. The predicted molar refractivity (Wildman–Crippen MR) is 49.5 cm³/mol. The Hall–Kier alpha value is -0.120. The first-order chi connectivity index (χ1) is 5.11. The molecule has 2 nitrogen and oxygen atoms in total. The van der Waals surface area contributed by atoms with Crippen molar-refractivity contribution in [3.8, 4) is 0 Å². The number of nitrogens with zero attached hydrogens (tertiary/aromatic N) is 1. The van der Waals surface area contributed by atoms with Gasteiger partial charge in [-0.25, -0.2) is 4.98 Å². The second-order valence-electron chi connectivity index (χ2n) is 2.32. The number of hydrogen-bond donors (Lipinski definition) is 1. The van der Waals surface area contributed by atoms with E-state index >= 15 is 0 Å². The van der Waals surface area contributed by atoms with E-state index in [1.54, 1.807) is 12.3 Å². The molecule has 0 aliphatic heterocycles. The molecule has 0 aliphatic carbocycles. The third kappa shape index (κ3) is 2.15. The summed E-state index contributed by atoms with van der Waals surface area (Å²) in [7, 11) is 0. The van der Waals surface area contributed by atoms with Gasteiger partial charge in [-0.3, -0.25) is 0 Å². The summed E-state index contributed by atoms with van der Waals surface area (Å²) >= 11 is 9.00. The quantitative estimate of drug-likeness (QED) is 0.760. The summed E-state index contributed by atoms with van der Waals surface area (Å²) in [5.74, 6) is 0. The van der Waals surface area contributed by atoms with Crippen LogP contribution in [0.5, 0.6) is 0 Å². The van der Waals surface area contributed by atoms with Gasteiger partial charge in [0, 0.05) is 16.7 Å². The first-order valence-corrected chi connectivity index (χ1v) is 4.35. The fourth-order valence-corrected chi connectivity index (χ4v) is 1.52. The number of pyridine rings is 1. The Labute approximate surface area is 78.9 Å². The van der Waals surface area contributed by atoms with Crippen molar-refractivity contribution in [1.82, 2.24) is 4.98 Å². The molecule has 11 heavy (non-hydrogen) atoms. The average Bonchev–Trinajstić information content (AvgIpc) is 1.94. The number of aromatic nitrogens is 1. The molecule has 4 heteroatoms. The van der Waals surface area contributed by atoms with E-state index in [2.05, 4.69) is 20.9 Å².